The van der Waals surface area contributed by atoms with Gasteiger partial charge in [0, 0.05) is 0 Å². The van der Waals surface area contributed by atoms with Crippen molar-refractivity contribution >= 4 is 11.9 Å². The molecular formula is C10H12O4. The maximum atomic E-state index is 11.3. The molecule has 1 rings (SSSR count). The molecule has 76 valence electrons. The van der Waals surface area contributed by atoms with E-state index in [4.69, 9.17) is 5.11 Å². The Hall–Kier alpha value is -1.58. The van der Waals surface area contributed by atoms with Gasteiger partial charge in [0.15, 0.2) is 0 Å². The molecule has 0 aliphatic heterocycles. The zero-order valence-electron chi connectivity index (χ0n) is 7.68. The lowest BCUT2D eigenvalue weighted by molar-refractivity contribution is -0.154. The van der Waals surface area contributed by atoms with Crippen molar-refractivity contribution in [3.8, 4) is 0 Å². The monoisotopic (exact) mass is 196 g/mol. The summed E-state index contributed by atoms with van der Waals surface area (Å²) < 4.78 is 4.59. The number of carboxylic acids is 1. The number of esters is 1. The summed E-state index contributed by atoms with van der Waals surface area (Å²) in [4.78, 5) is 22.1. The van der Waals surface area contributed by atoms with Crippen molar-refractivity contribution in [2.75, 3.05) is 0 Å². The number of hydrogen-bond acceptors (Lipinski definition) is 3. The number of ether oxygens (including phenoxy) is 1. The van der Waals surface area contributed by atoms with E-state index in [1.165, 1.54) is 0 Å². The first-order valence-electron chi connectivity index (χ1n) is 4.36. The number of carboxylic acid groups (broad SMARTS) is 1. The van der Waals surface area contributed by atoms with Crippen molar-refractivity contribution in [2.45, 2.75) is 12.8 Å². The topological polar surface area (TPSA) is 63.6 Å². The van der Waals surface area contributed by atoms with Gasteiger partial charge in [-0.05, 0) is 12.8 Å². The first-order valence-corrected chi connectivity index (χ1v) is 4.36. The van der Waals surface area contributed by atoms with Gasteiger partial charge in [0.05, 0.1) is 18.1 Å². The number of aliphatic carboxylic acids is 1. The van der Waals surface area contributed by atoms with Crippen molar-refractivity contribution in [3.05, 3.63) is 25.0 Å². The van der Waals surface area contributed by atoms with Gasteiger partial charge >= 0.3 is 11.9 Å². The largest absolute Gasteiger partial charge is 0.481 e. The van der Waals surface area contributed by atoms with E-state index < -0.39 is 23.8 Å². The van der Waals surface area contributed by atoms with Crippen LogP contribution in [0, 0.1) is 11.8 Å². The molecule has 0 amide bonds. The summed E-state index contributed by atoms with van der Waals surface area (Å²) >= 11 is 0. The average molecular weight is 196 g/mol. The molecule has 0 saturated heterocycles. The molecule has 2 atom stereocenters. The minimum absolute atomic E-state index is 0.381. The molecule has 0 radical (unpaired) electrons. The predicted molar refractivity (Wildman–Crippen MR) is 49.3 cm³/mol. The number of carbonyl (C=O) groups excluding carboxylic acids is 1. The van der Waals surface area contributed by atoms with Gasteiger partial charge in [0.1, 0.15) is 0 Å². The Labute approximate surface area is 81.9 Å². The third-order valence-corrected chi connectivity index (χ3v) is 2.25. The van der Waals surface area contributed by atoms with Crippen LogP contribution >= 0.6 is 0 Å². The smallest absolute Gasteiger partial charge is 0.314 e. The number of rotatable bonds is 3. The fourth-order valence-corrected chi connectivity index (χ4v) is 1.52. The highest BCUT2D eigenvalue weighted by atomic mass is 16.5. The van der Waals surface area contributed by atoms with E-state index in [0.29, 0.717) is 12.8 Å². The molecule has 0 unspecified atom stereocenters. The Morgan fingerprint density at radius 1 is 1.36 bits per heavy atom. The second kappa shape index (κ2) is 4.60. The van der Waals surface area contributed by atoms with Crippen LogP contribution in [0.4, 0.5) is 0 Å². The second-order valence-electron chi connectivity index (χ2n) is 3.10. The average Bonchev–Trinajstić information content (AvgIpc) is 2.18. The number of carbonyl (C=O) groups is 2. The zero-order chi connectivity index (χ0) is 10.6. The van der Waals surface area contributed by atoms with Crippen LogP contribution in [0.5, 0.6) is 0 Å². The molecule has 0 heterocycles. The molecule has 1 aliphatic carbocycles. The van der Waals surface area contributed by atoms with Crippen LogP contribution in [0.15, 0.2) is 25.0 Å². The molecule has 4 heteroatoms. The summed E-state index contributed by atoms with van der Waals surface area (Å²) in [6.45, 7) is 3.26. The van der Waals surface area contributed by atoms with Crippen molar-refractivity contribution in [1.82, 2.24) is 0 Å². The molecule has 1 N–H and O–H groups in total. The fraction of sp³-hybridized carbons (Fsp3) is 0.400. The van der Waals surface area contributed by atoms with Crippen LogP contribution in [0.3, 0.4) is 0 Å². The molecule has 4 nitrogen and oxygen atoms in total. The van der Waals surface area contributed by atoms with Gasteiger partial charge in [0.25, 0.3) is 0 Å². The lowest BCUT2D eigenvalue weighted by atomic mass is 9.83. The molecule has 14 heavy (non-hydrogen) atoms. The highest BCUT2D eigenvalue weighted by Gasteiger charge is 2.34. The summed E-state index contributed by atoms with van der Waals surface area (Å²) in [5, 5.41) is 8.86. The fourth-order valence-electron chi connectivity index (χ4n) is 1.52. The number of hydrogen-bond donors (Lipinski definition) is 1. The highest BCUT2D eigenvalue weighted by Crippen LogP contribution is 2.26. The van der Waals surface area contributed by atoms with E-state index in [0.717, 1.165) is 6.26 Å². The van der Waals surface area contributed by atoms with E-state index >= 15 is 0 Å². The molecule has 0 bridgehead atoms. The van der Waals surface area contributed by atoms with E-state index in [9.17, 15) is 9.59 Å². The van der Waals surface area contributed by atoms with Gasteiger partial charge in [-0.1, -0.05) is 18.7 Å². The predicted octanol–water partition coefficient (Wildman–Crippen LogP) is 1.34. The molecule has 0 aromatic carbocycles. The lowest BCUT2D eigenvalue weighted by Gasteiger charge is -2.22. The quantitative estimate of drug-likeness (QED) is 0.420. The van der Waals surface area contributed by atoms with Gasteiger partial charge in [-0.3, -0.25) is 9.59 Å². The van der Waals surface area contributed by atoms with Gasteiger partial charge in [0.2, 0.25) is 0 Å². The highest BCUT2D eigenvalue weighted by molar-refractivity contribution is 5.82. The Balaban J connectivity index is 2.73. The van der Waals surface area contributed by atoms with Crippen molar-refractivity contribution < 1.29 is 19.4 Å². The third-order valence-electron chi connectivity index (χ3n) is 2.25. The van der Waals surface area contributed by atoms with Crippen LogP contribution in [-0.4, -0.2) is 17.0 Å². The van der Waals surface area contributed by atoms with Crippen LogP contribution in [0.25, 0.3) is 0 Å². The summed E-state index contributed by atoms with van der Waals surface area (Å²) in [7, 11) is 0. The van der Waals surface area contributed by atoms with Crippen molar-refractivity contribution in [3.63, 3.8) is 0 Å². The van der Waals surface area contributed by atoms with Gasteiger partial charge < -0.3 is 9.84 Å². The first-order chi connectivity index (χ1) is 6.66. The summed E-state index contributed by atoms with van der Waals surface area (Å²) in [5.41, 5.74) is 0. The molecular weight excluding hydrogens is 184 g/mol. The number of allylic oxidation sites excluding steroid dienone is 2. The zero-order valence-corrected chi connectivity index (χ0v) is 7.68. The van der Waals surface area contributed by atoms with Crippen molar-refractivity contribution in [2.24, 2.45) is 11.8 Å². The molecule has 1 aliphatic rings. The maximum absolute atomic E-state index is 11.3. The normalized spacial score (nSPS) is 25.4. The van der Waals surface area contributed by atoms with Crippen LogP contribution in [-0.2, 0) is 14.3 Å². The van der Waals surface area contributed by atoms with Crippen LogP contribution in [0.1, 0.15) is 12.8 Å². The van der Waals surface area contributed by atoms with Gasteiger partial charge in [-0.25, -0.2) is 0 Å². The Morgan fingerprint density at radius 2 is 1.93 bits per heavy atom. The summed E-state index contributed by atoms with van der Waals surface area (Å²) in [6.07, 6.45) is 5.40. The Bertz CT molecular complexity index is 280. The van der Waals surface area contributed by atoms with E-state index in [1.807, 2.05) is 0 Å². The molecule has 0 aromatic heterocycles. The lowest BCUT2D eigenvalue weighted by Crippen LogP contribution is -2.31. The molecule has 0 saturated carbocycles. The maximum Gasteiger partial charge on any atom is 0.314 e. The second-order valence-corrected chi connectivity index (χ2v) is 3.10. The van der Waals surface area contributed by atoms with Crippen molar-refractivity contribution in [1.29, 1.82) is 0 Å². The van der Waals surface area contributed by atoms with E-state index in [-0.39, 0.29) is 0 Å². The Kier molecular flexibility index (Phi) is 3.45. The third kappa shape index (κ3) is 2.22. The summed E-state index contributed by atoms with van der Waals surface area (Å²) in [6, 6.07) is 0. The molecule has 0 spiro atoms. The first kappa shape index (κ1) is 10.5. The minimum Gasteiger partial charge on any atom is -0.481 e. The molecule has 0 aromatic rings. The van der Waals surface area contributed by atoms with E-state index in [1.54, 1.807) is 12.2 Å². The van der Waals surface area contributed by atoms with E-state index in [2.05, 4.69) is 11.3 Å². The standard InChI is InChI=1S/C10H12O4/c1-2-14-10(13)8-6-4-3-5-7(8)9(11)12/h2-4,7-8H,1,5-6H2,(H,11,12)/t7-,8+/m0/s1. The molecule has 0 fully saturated rings. The Morgan fingerprint density at radius 3 is 2.43 bits per heavy atom. The van der Waals surface area contributed by atoms with Gasteiger partial charge in [-0.2, -0.15) is 0 Å². The minimum atomic E-state index is -0.958. The van der Waals surface area contributed by atoms with Gasteiger partial charge in [-0.15, -0.1) is 0 Å². The van der Waals surface area contributed by atoms with Crippen LogP contribution in [0.2, 0.25) is 0 Å². The SMILES string of the molecule is C=COC(=O)[C@@H]1CC=CC[C@@H]1C(=O)O. The summed E-state index contributed by atoms with van der Waals surface area (Å²) in [5.74, 6) is -2.74. The van der Waals surface area contributed by atoms with Crippen LogP contribution < -0.4 is 0 Å².